The quantitative estimate of drug-likeness (QED) is 0.856. The van der Waals surface area contributed by atoms with Crippen molar-refractivity contribution in [3.8, 4) is 11.3 Å². The topological polar surface area (TPSA) is 72.6 Å². The minimum absolute atomic E-state index is 0.156. The van der Waals surface area contributed by atoms with Crippen molar-refractivity contribution in [2.45, 2.75) is 13.2 Å². The predicted octanol–water partition coefficient (Wildman–Crippen LogP) is 2.07. The molecule has 0 aliphatic carbocycles. The number of nitrogens with zero attached hydrogens (tertiary/aromatic N) is 1. The van der Waals surface area contributed by atoms with E-state index in [9.17, 15) is 4.79 Å². The monoisotopic (exact) mass is 231 g/mol. The molecule has 2 heterocycles. The Balaban J connectivity index is 2.09. The minimum Gasteiger partial charge on any atom is -0.475 e. The molecular weight excluding hydrogens is 222 g/mol. The molecule has 0 amide bonds. The SMILES string of the molecule is O=C(O)c1cc(-c2cccc3c2COC3)no1. The maximum atomic E-state index is 10.7. The number of fused-ring (bicyclic) bond motifs is 1. The number of hydrogen-bond acceptors (Lipinski definition) is 4. The number of aromatic nitrogens is 1. The lowest BCUT2D eigenvalue weighted by atomic mass is 10.0. The summed E-state index contributed by atoms with van der Waals surface area (Å²) in [7, 11) is 0. The number of benzene rings is 1. The highest BCUT2D eigenvalue weighted by Gasteiger charge is 2.19. The van der Waals surface area contributed by atoms with Crippen molar-refractivity contribution < 1.29 is 19.2 Å². The Labute approximate surface area is 96.6 Å². The van der Waals surface area contributed by atoms with E-state index in [4.69, 9.17) is 14.4 Å². The molecule has 0 spiro atoms. The van der Waals surface area contributed by atoms with Crippen LogP contribution in [0.2, 0.25) is 0 Å². The Morgan fingerprint density at radius 2 is 2.24 bits per heavy atom. The van der Waals surface area contributed by atoms with Gasteiger partial charge < -0.3 is 14.4 Å². The first-order valence-corrected chi connectivity index (χ1v) is 5.14. The average Bonchev–Trinajstić information content (AvgIpc) is 2.97. The molecule has 1 N–H and O–H groups in total. The summed E-state index contributed by atoms with van der Waals surface area (Å²) in [5.41, 5.74) is 3.57. The van der Waals surface area contributed by atoms with Crippen LogP contribution in [0.3, 0.4) is 0 Å². The van der Waals surface area contributed by atoms with E-state index >= 15 is 0 Å². The van der Waals surface area contributed by atoms with E-state index in [1.807, 2.05) is 18.2 Å². The second kappa shape index (κ2) is 3.71. The number of aromatic carboxylic acids is 1. The van der Waals surface area contributed by atoms with Crippen LogP contribution in [0.1, 0.15) is 21.7 Å². The standard InChI is InChI=1S/C12H9NO4/c14-12(15)11-4-10(13-17-11)8-3-1-2-7-5-16-6-9(7)8/h1-4H,5-6H2,(H,14,15). The highest BCUT2D eigenvalue weighted by Crippen LogP contribution is 2.30. The van der Waals surface area contributed by atoms with Gasteiger partial charge in [0.05, 0.1) is 13.2 Å². The van der Waals surface area contributed by atoms with E-state index < -0.39 is 5.97 Å². The first kappa shape index (κ1) is 10.0. The van der Waals surface area contributed by atoms with Crippen molar-refractivity contribution in [2.75, 3.05) is 0 Å². The normalized spacial score (nSPS) is 13.6. The third-order valence-corrected chi connectivity index (χ3v) is 2.77. The summed E-state index contributed by atoms with van der Waals surface area (Å²) in [6, 6.07) is 7.20. The fourth-order valence-corrected chi connectivity index (χ4v) is 1.95. The van der Waals surface area contributed by atoms with Crippen LogP contribution in [0.4, 0.5) is 0 Å². The summed E-state index contributed by atoms with van der Waals surface area (Å²) < 4.78 is 10.1. The van der Waals surface area contributed by atoms with Crippen LogP contribution in [-0.4, -0.2) is 16.2 Å². The predicted molar refractivity (Wildman–Crippen MR) is 57.4 cm³/mol. The number of ether oxygens (including phenoxy) is 1. The highest BCUT2D eigenvalue weighted by molar-refractivity contribution is 5.86. The number of carboxylic acids is 1. The van der Waals surface area contributed by atoms with Crippen LogP contribution in [0.15, 0.2) is 28.8 Å². The van der Waals surface area contributed by atoms with Gasteiger partial charge in [0.2, 0.25) is 5.76 Å². The van der Waals surface area contributed by atoms with Crippen LogP contribution in [0, 0.1) is 0 Å². The Kier molecular flexibility index (Phi) is 2.19. The summed E-state index contributed by atoms with van der Waals surface area (Å²) >= 11 is 0. The molecule has 0 unspecified atom stereocenters. The second-order valence-corrected chi connectivity index (χ2v) is 3.82. The van der Waals surface area contributed by atoms with Gasteiger partial charge in [-0.25, -0.2) is 4.79 Å². The summed E-state index contributed by atoms with van der Waals surface area (Å²) in [5.74, 6) is -1.27. The molecule has 0 bridgehead atoms. The van der Waals surface area contributed by atoms with E-state index in [1.54, 1.807) is 0 Å². The van der Waals surface area contributed by atoms with Gasteiger partial charge in [-0.15, -0.1) is 0 Å². The summed E-state index contributed by atoms with van der Waals surface area (Å²) in [5, 5.41) is 12.6. The molecule has 2 aromatic rings. The molecule has 5 heteroatoms. The zero-order chi connectivity index (χ0) is 11.8. The molecule has 0 saturated heterocycles. The molecular formula is C12H9NO4. The third kappa shape index (κ3) is 1.60. The average molecular weight is 231 g/mol. The largest absolute Gasteiger partial charge is 0.475 e. The summed E-state index contributed by atoms with van der Waals surface area (Å²) in [6.45, 7) is 1.12. The first-order valence-electron chi connectivity index (χ1n) is 5.14. The summed E-state index contributed by atoms with van der Waals surface area (Å²) in [4.78, 5) is 10.7. The smallest absolute Gasteiger partial charge is 0.374 e. The van der Waals surface area contributed by atoms with Gasteiger partial charge in [-0.05, 0) is 11.1 Å². The zero-order valence-corrected chi connectivity index (χ0v) is 8.84. The Hall–Kier alpha value is -2.14. The lowest BCUT2D eigenvalue weighted by Gasteiger charge is -2.02. The number of hydrogen-bond donors (Lipinski definition) is 1. The van der Waals surface area contributed by atoms with E-state index in [2.05, 4.69) is 5.16 Å². The molecule has 17 heavy (non-hydrogen) atoms. The first-order chi connectivity index (χ1) is 8.25. The molecule has 0 radical (unpaired) electrons. The van der Waals surface area contributed by atoms with Gasteiger partial charge in [-0.3, -0.25) is 0 Å². The van der Waals surface area contributed by atoms with Crippen molar-refractivity contribution in [1.82, 2.24) is 5.16 Å². The lowest BCUT2D eigenvalue weighted by Crippen LogP contribution is -1.92. The van der Waals surface area contributed by atoms with E-state index in [0.717, 1.165) is 16.7 Å². The van der Waals surface area contributed by atoms with E-state index in [1.165, 1.54) is 6.07 Å². The Morgan fingerprint density at radius 3 is 3.00 bits per heavy atom. The van der Waals surface area contributed by atoms with Gasteiger partial charge in [0.1, 0.15) is 5.69 Å². The van der Waals surface area contributed by atoms with Gasteiger partial charge in [-0.1, -0.05) is 23.4 Å². The van der Waals surface area contributed by atoms with Crippen LogP contribution >= 0.6 is 0 Å². The molecule has 86 valence electrons. The Morgan fingerprint density at radius 1 is 1.35 bits per heavy atom. The molecule has 1 aliphatic heterocycles. The molecule has 0 fully saturated rings. The van der Waals surface area contributed by atoms with E-state index in [-0.39, 0.29) is 5.76 Å². The van der Waals surface area contributed by atoms with Gasteiger partial charge in [-0.2, -0.15) is 0 Å². The van der Waals surface area contributed by atoms with Gasteiger partial charge in [0.15, 0.2) is 0 Å². The molecule has 1 aliphatic rings. The molecule has 1 aromatic carbocycles. The number of carbonyl (C=O) groups is 1. The van der Waals surface area contributed by atoms with Gasteiger partial charge in [0, 0.05) is 11.6 Å². The van der Waals surface area contributed by atoms with Crippen molar-refractivity contribution >= 4 is 5.97 Å². The number of carboxylic acid groups (broad SMARTS) is 1. The van der Waals surface area contributed by atoms with Crippen molar-refractivity contribution in [3.05, 3.63) is 41.2 Å². The minimum atomic E-state index is -1.12. The fourth-order valence-electron chi connectivity index (χ4n) is 1.95. The highest BCUT2D eigenvalue weighted by atomic mass is 16.5. The maximum Gasteiger partial charge on any atom is 0.374 e. The molecule has 5 nitrogen and oxygen atoms in total. The molecule has 0 atom stereocenters. The van der Waals surface area contributed by atoms with Gasteiger partial charge in [0.25, 0.3) is 0 Å². The lowest BCUT2D eigenvalue weighted by molar-refractivity contribution is 0.0652. The van der Waals surface area contributed by atoms with Crippen molar-refractivity contribution in [1.29, 1.82) is 0 Å². The van der Waals surface area contributed by atoms with Crippen LogP contribution in [-0.2, 0) is 18.0 Å². The third-order valence-electron chi connectivity index (χ3n) is 2.77. The molecule has 3 rings (SSSR count). The van der Waals surface area contributed by atoms with Crippen LogP contribution < -0.4 is 0 Å². The summed E-state index contributed by atoms with van der Waals surface area (Å²) in [6.07, 6.45) is 0. The fraction of sp³-hybridized carbons (Fsp3) is 0.167. The number of rotatable bonds is 2. The van der Waals surface area contributed by atoms with E-state index in [0.29, 0.717) is 18.9 Å². The van der Waals surface area contributed by atoms with Crippen molar-refractivity contribution in [2.24, 2.45) is 0 Å². The van der Waals surface area contributed by atoms with Crippen LogP contribution in [0.5, 0.6) is 0 Å². The zero-order valence-electron chi connectivity index (χ0n) is 8.84. The second-order valence-electron chi connectivity index (χ2n) is 3.82. The molecule has 0 saturated carbocycles. The maximum absolute atomic E-state index is 10.7. The van der Waals surface area contributed by atoms with Crippen LogP contribution in [0.25, 0.3) is 11.3 Å². The van der Waals surface area contributed by atoms with Gasteiger partial charge >= 0.3 is 5.97 Å². The Bertz CT molecular complexity index is 588. The molecule has 1 aromatic heterocycles. The van der Waals surface area contributed by atoms with Crippen molar-refractivity contribution in [3.63, 3.8) is 0 Å².